The van der Waals surface area contributed by atoms with E-state index in [0.717, 1.165) is 34.5 Å². The molecule has 6 heteroatoms. The lowest BCUT2D eigenvalue weighted by atomic mass is 10.1. The van der Waals surface area contributed by atoms with Gasteiger partial charge < -0.3 is 0 Å². The summed E-state index contributed by atoms with van der Waals surface area (Å²) in [4.78, 5) is 4.41. The van der Waals surface area contributed by atoms with Crippen molar-refractivity contribution in [3.8, 4) is 0 Å². The van der Waals surface area contributed by atoms with Gasteiger partial charge in [-0.2, -0.15) is 0 Å². The summed E-state index contributed by atoms with van der Waals surface area (Å²) in [6.45, 7) is 4.20. The zero-order chi connectivity index (χ0) is 18.8. The summed E-state index contributed by atoms with van der Waals surface area (Å²) in [6.07, 6.45) is 12.0. The van der Waals surface area contributed by atoms with Gasteiger partial charge in [0.2, 0.25) is 10.0 Å². The largest absolute Gasteiger partial charge is 0.283 e. The lowest BCUT2D eigenvalue weighted by molar-refractivity contribution is 0.558. The maximum absolute atomic E-state index is 12.2. The number of aromatic nitrogens is 1. The van der Waals surface area contributed by atoms with Crippen LogP contribution < -0.4 is 4.72 Å². The minimum absolute atomic E-state index is 0.192. The van der Waals surface area contributed by atoms with Crippen molar-refractivity contribution in [3.05, 3.63) is 23.2 Å². The molecule has 1 aromatic heterocycles. The van der Waals surface area contributed by atoms with E-state index in [1.54, 1.807) is 11.3 Å². The van der Waals surface area contributed by atoms with Crippen LogP contribution in [-0.4, -0.2) is 19.2 Å². The second-order valence-electron chi connectivity index (χ2n) is 7.02. The van der Waals surface area contributed by atoms with Crippen molar-refractivity contribution in [2.75, 3.05) is 10.5 Å². The first-order valence-electron chi connectivity index (χ1n) is 9.88. The molecule has 0 aliphatic carbocycles. The third-order valence-corrected chi connectivity index (χ3v) is 6.86. The highest BCUT2D eigenvalue weighted by Crippen LogP contribution is 2.25. The third kappa shape index (κ3) is 7.62. The van der Waals surface area contributed by atoms with E-state index in [-0.39, 0.29) is 5.75 Å². The number of rotatable bonds is 13. The molecule has 2 rings (SSSR count). The van der Waals surface area contributed by atoms with Crippen LogP contribution in [0.25, 0.3) is 10.2 Å². The molecule has 1 heterocycles. The van der Waals surface area contributed by atoms with E-state index in [9.17, 15) is 8.42 Å². The molecular weight excluding hydrogens is 364 g/mol. The van der Waals surface area contributed by atoms with Gasteiger partial charge in [-0.15, -0.1) is 11.3 Å². The van der Waals surface area contributed by atoms with Gasteiger partial charge in [-0.3, -0.25) is 4.72 Å². The Kier molecular flexibility index (Phi) is 8.85. The van der Waals surface area contributed by atoms with Crippen LogP contribution in [-0.2, 0) is 10.0 Å². The van der Waals surface area contributed by atoms with E-state index in [0.29, 0.717) is 5.69 Å². The fourth-order valence-electron chi connectivity index (χ4n) is 3.12. The molecule has 0 atom stereocenters. The number of sulfonamides is 1. The number of nitrogens with zero attached hydrogens (tertiary/aromatic N) is 1. The van der Waals surface area contributed by atoms with E-state index in [4.69, 9.17) is 0 Å². The number of hydrogen-bond donors (Lipinski definition) is 1. The molecule has 1 N–H and O–H groups in total. The molecule has 0 amide bonds. The van der Waals surface area contributed by atoms with Crippen LogP contribution in [0.4, 0.5) is 5.69 Å². The second-order valence-corrected chi connectivity index (χ2v) is 10.1. The Labute approximate surface area is 162 Å². The quantitative estimate of drug-likeness (QED) is 0.406. The molecule has 1 aromatic carbocycles. The highest BCUT2D eigenvalue weighted by Gasteiger charge is 2.11. The average Bonchev–Trinajstić information content (AvgIpc) is 2.95. The molecule has 0 aliphatic rings. The molecule has 4 nitrogen and oxygen atoms in total. The fourth-order valence-corrected chi connectivity index (χ4v) is 5.10. The van der Waals surface area contributed by atoms with Gasteiger partial charge in [0.1, 0.15) is 0 Å². The summed E-state index contributed by atoms with van der Waals surface area (Å²) in [5.74, 6) is 0.192. The average molecular weight is 397 g/mol. The Morgan fingerprint density at radius 3 is 2.23 bits per heavy atom. The first kappa shape index (κ1) is 21.2. The van der Waals surface area contributed by atoms with Gasteiger partial charge >= 0.3 is 0 Å². The molecule has 0 saturated heterocycles. The predicted molar refractivity (Wildman–Crippen MR) is 114 cm³/mol. The number of aryl methyl sites for hydroxylation is 1. The molecule has 26 heavy (non-hydrogen) atoms. The Bertz CT molecular complexity index is 769. The minimum Gasteiger partial charge on any atom is -0.283 e. The number of thiazole rings is 1. The predicted octanol–water partition coefficient (Wildman–Crippen LogP) is 6.27. The summed E-state index contributed by atoms with van der Waals surface area (Å²) in [5.41, 5.74) is 1.46. The van der Waals surface area contributed by atoms with Gasteiger partial charge in [0.15, 0.2) is 0 Å². The van der Waals surface area contributed by atoms with Crippen molar-refractivity contribution < 1.29 is 8.42 Å². The van der Waals surface area contributed by atoms with Crippen molar-refractivity contribution in [1.82, 2.24) is 4.98 Å². The van der Waals surface area contributed by atoms with E-state index in [1.807, 2.05) is 25.1 Å². The molecule has 0 spiro atoms. The van der Waals surface area contributed by atoms with Gasteiger partial charge in [-0.05, 0) is 31.5 Å². The lowest BCUT2D eigenvalue weighted by Crippen LogP contribution is -2.16. The molecule has 0 aliphatic heterocycles. The van der Waals surface area contributed by atoms with Crippen molar-refractivity contribution in [3.63, 3.8) is 0 Å². The first-order valence-corrected chi connectivity index (χ1v) is 12.3. The lowest BCUT2D eigenvalue weighted by Gasteiger charge is -2.08. The van der Waals surface area contributed by atoms with Crippen LogP contribution in [0.5, 0.6) is 0 Å². The smallest absolute Gasteiger partial charge is 0.232 e. The maximum Gasteiger partial charge on any atom is 0.232 e. The number of benzene rings is 1. The van der Waals surface area contributed by atoms with Crippen molar-refractivity contribution in [2.24, 2.45) is 0 Å². The van der Waals surface area contributed by atoms with Crippen molar-refractivity contribution >= 4 is 37.3 Å². The molecule has 2 aromatic rings. The molecule has 0 unspecified atom stereocenters. The topological polar surface area (TPSA) is 59.1 Å². The zero-order valence-electron chi connectivity index (χ0n) is 16.1. The van der Waals surface area contributed by atoms with Crippen molar-refractivity contribution in [1.29, 1.82) is 0 Å². The third-order valence-electron chi connectivity index (χ3n) is 4.53. The summed E-state index contributed by atoms with van der Waals surface area (Å²) in [5, 5.41) is 0.991. The monoisotopic (exact) mass is 396 g/mol. The highest BCUT2D eigenvalue weighted by atomic mass is 32.2. The van der Waals surface area contributed by atoms with Crippen LogP contribution >= 0.6 is 11.3 Å². The Hall–Kier alpha value is -1.14. The van der Waals surface area contributed by atoms with Crippen molar-refractivity contribution in [2.45, 2.75) is 78.1 Å². The number of unbranched alkanes of at least 4 members (excludes halogenated alkanes) is 9. The Balaban J connectivity index is 1.63. The summed E-state index contributed by atoms with van der Waals surface area (Å²) >= 11 is 1.62. The van der Waals surface area contributed by atoms with E-state index in [2.05, 4.69) is 16.6 Å². The number of anilines is 1. The zero-order valence-corrected chi connectivity index (χ0v) is 17.7. The van der Waals surface area contributed by atoms with E-state index >= 15 is 0 Å². The fraction of sp³-hybridized carbons (Fsp3) is 0.650. The number of hydrogen-bond acceptors (Lipinski definition) is 4. The molecule has 0 bridgehead atoms. The Morgan fingerprint density at radius 2 is 1.58 bits per heavy atom. The van der Waals surface area contributed by atoms with Gasteiger partial charge in [-0.25, -0.2) is 13.4 Å². The van der Waals surface area contributed by atoms with Crippen LogP contribution in [0.1, 0.15) is 76.1 Å². The van der Waals surface area contributed by atoms with Gasteiger partial charge in [-0.1, -0.05) is 64.7 Å². The van der Waals surface area contributed by atoms with Gasteiger partial charge in [0.05, 0.1) is 26.7 Å². The minimum atomic E-state index is -3.28. The van der Waals surface area contributed by atoms with E-state index in [1.165, 1.54) is 44.9 Å². The highest BCUT2D eigenvalue weighted by molar-refractivity contribution is 7.92. The first-order chi connectivity index (χ1) is 12.5. The summed E-state index contributed by atoms with van der Waals surface area (Å²) in [7, 11) is -3.28. The van der Waals surface area contributed by atoms with Crippen LogP contribution in [0.2, 0.25) is 0 Å². The standard InChI is InChI=1S/C20H32N2O2S2/c1-3-4-5-6-7-8-9-10-11-12-15-26(23,24)22-18-13-14-20-19(16-18)21-17(2)25-20/h13-14,16,22H,3-12,15H2,1-2H3. The molecular formula is C20H32N2O2S2. The van der Waals surface area contributed by atoms with Crippen LogP contribution in [0.15, 0.2) is 18.2 Å². The molecule has 0 saturated carbocycles. The molecule has 146 valence electrons. The molecule has 0 radical (unpaired) electrons. The normalized spacial score (nSPS) is 11.9. The van der Waals surface area contributed by atoms with E-state index < -0.39 is 10.0 Å². The van der Waals surface area contributed by atoms with Crippen LogP contribution in [0.3, 0.4) is 0 Å². The summed E-state index contributed by atoms with van der Waals surface area (Å²) < 4.78 is 28.3. The maximum atomic E-state index is 12.2. The van der Waals surface area contributed by atoms with Gasteiger partial charge in [0, 0.05) is 0 Å². The number of fused-ring (bicyclic) bond motifs is 1. The SMILES string of the molecule is CCCCCCCCCCCCS(=O)(=O)Nc1ccc2sc(C)nc2c1. The number of nitrogens with one attached hydrogen (secondary N) is 1. The Morgan fingerprint density at radius 1 is 0.962 bits per heavy atom. The molecule has 0 fully saturated rings. The second kappa shape index (κ2) is 10.9. The summed E-state index contributed by atoms with van der Waals surface area (Å²) in [6, 6.07) is 5.56. The van der Waals surface area contributed by atoms with Gasteiger partial charge in [0.25, 0.3) is 0 Å². The van der Waals surface area contributed by atoms with Crippen LogP contribution in [0, 0.1) is 6.92 Å².